The fourth-order valence-corrected chi connectivity index (χ4v) is 2.12. The van der Waals surface area contributed by atoms with Crippen molar-refractivity contribution >= 4 is 0 Å². The lowest BCUT2D eigenvalue weighted by Gasteiger charge is -2.09. The lowest BCUT2D eigenvalue weighted by molar-refractivity contribution is 0.202. The van der Waals surface area contributed by atoms with Gasteiger partial charge in [-0.1, -0.05) is 5.21 Å². The summed E-state index contributed by atoms with van der Waals surface area (Å²) in [5.74, 6) is 0.518. The fourth-order valence-electron chi connectivity index (χ4n) is 2.12. The molecular weight excluding hydrogens is 235 g/mol. The molecule has 1 aromatic carbocycles. The molecule has 0 saturated carbocycles. The van der Waals surface area contributed by atoms with Gasteiger partial charge in [-0.05, 0) is 18.2 Å². The molecule has 1 unspecified atom stereocenters. The van der Waals surface area contributed by atoms with E-state index >= 15 is 0 Å². The Morgan fingerprint density at radius 1 is 1.50 bits per heavy atom. The lowest BCUT2D eigenvalue weighted by Crippen LogP contribution is -2.21. The first-order valence-corrected chi connectivity index (χ1v) is 5.79. The van der Waals surface area contributed by atoms with E-state index in [1.807, 2.05) is 0 Å². The Bertz CT molecular complexity index is 569. The Hall–Kier alpha value is -1.95. The molecule has 2 heterocycles. The maximum Gasteiger partial charge on any atom is 0.123 e. The highest BCUT2D eigenvalue weighted by Crippen LogP contribution is 2.29. The second-order valence-corrected chi connectivity index (χ2v) is 4.33. The number of hydrogen-bond acceptors (Lipinski definition) is 4. The van der Waals surface area contributed by atoms with Gasteiger partial charge in [-0.15, -0.1) is 5.10 Å². The number of halogens is 1. The van der Waals surface area contributed by atoms with E-state index in [4.69, 9.17) is 10.5 Å². The van der Waals surface area contributed by atoms with Gasteiger partial charge in [0.1, 0.15) is 17.7 Å². The first-order chi connectivity index (χ1) is 8.74. The molecule has 2 aromatic rings. The zero-order valence-corrected chi connectivity index (χ0v) is 9.71. The molecule has 6 heteroatoms. The molecule has 5 nitrogen and oxygen atoms in total. The van der Waals surface area contributed by atoms with Crippen LogP contribution in [0, 0.1) is 5.82 Å². The molecule has 3 rings (SSSR count). The summed E-state index contributed by atoms with van der Waals surface area (Å²) < 4.78 is 20.5. The van der Waals surface area contributed by atoms with Crippen LogP contribution in [0.5, 0.6) is 5.75 Å². The highest BCUT2D eigenvalue weighted by molar-refractivity contribution is 5.37. The van der Waals surface area contributed by atoms with E-state index in [9.17, 15) is 4.39 Å². The first kappa shape index (κ1) is 11.2. The van der Waals surface area contributed by atoms with E-state index in [-0.39, 0.29) is 11.9 Å². The van der Waals surface area contributed by atoms with Gasteiger partial charge in [-0.25, -0.2) is 9.07 Å². The molecule has 94 valence electrons. The zero-order chi connectivity index (χ0) is 12.5. The van der Waals surface area contributed by atoms with Crippen LogP contribution in [0.4, 0.5) is 4.39 Å². The average molecular weight is 248 g/mol. The maximum atomic E-state index is 13.1. The van der Waals surface area contributed by atoms with Crippen molar-refractivity contribution in [1.29, 1.82) is 0 Å². The van der Waals surface area contributed by atoms with Gasteiger partial charge >= 0.3 is 0 Å². The molecule has 1 atom stereocenters. The summed E-state index contributed by atoms with van der Waals surface area (Å²) in [6.07, 6.45) is 2.45. The van der Waals surface area contributed by atoms with Crippen LogP contribution in [0.15, 0.2) is 24.4 Å². The largest absolute Gasteiger partial charge is 0.488 e. The summed E-state index contributed by atoms with van der Waals surface area (Å²) in [4.78, 5) is 0. The molecule has 2 N–H and O–H groups in total. The molecule has 0 spiro atoms. The zero-order valence-electron chi connectivity index (χ0n) is 9.71. The van der Waals surface area contributed by atoms with Gasteiger partial charge in [0.2, 0.25) is 0 Å². The molecule has 1 aromatic heterocycles. The molecular formula is C12H13FN4O. The van der Waals surface area contributed by atoms with Gasteiger partial charge in [0, 0.05) is 24.7 Å². The summed E-state index contributed by atoms with van der Waals surface area (Å²) in [6, 6.07) is 4.59. The van der Waals surface area contributed by atoms with Crippen molar-refractivity contribution in [2.75, 3.05) is 0 Å². The molecule has 0 amide bonds. The number of hydrogen-bond donors (Lipinski definition) is 1. The summed E-state index contributed by atoms with van der Waals surface area (Å²) in [5.41, 5.74) is 7.12. The van der Waals surface area contributed by atoms with Crippen LogP contribution in [0.1, 0.15) is 11.3 Å². The summed E-state index contributed by atoms with van der Waals surface area (Å²) >= 11 is 0. The number of aromatic nitrogens is 3. The number of fused-ring (bicyclic) bond motifs is 1. The number of rotatable bonds is 3. The third kappa shape index (κ3) is 2.06. The molecule has 0 saturated heterocycles. The Kier molecular flexibility index (Phi) is 2.71. The second-order valence-electron chi connectivity index (χ2n) is 4.33. The van der Waals surface area contributed by atoms with Gasteiger partial charge in [0.25, 0.3) is 0 Å². The molecule has 0 aliphatic carbocycles. The molecule has 1 aliphatic heterocycles. The predicted molar refractivity (Wildman–Crippen MR) is 62.4 cm³/mol. The van der Waals surface area contributed by atoms with Crippen molar-refractivity contribution in [2.45, 2.75) is 25.6 Å². The van der Waals surface area contributed by atoms with E-state index in [2.05, 4.69) is 10.3 Å². The number of benzene rings is 1. The van der Waals surface area contributed by atoms with Gasteiger partial charge in [0.15, 0.2) is 0 Å². The summed E-state index contributed by atoms with van der Waals surface area (Å²) in [5, 5.41) is 7.88. The minimum Gasteiger partial charge on any atom is -0.488 e. The highest BCUT2D eigenvalue weighted by Gasteiger charge is 2.23. The first-order valence-electron chi connectivity index (χ1n) is 5.79. The van der Waals surface area contributed by atoms with Crippen LogP contribution in [-0.4, -0.2) is 21.1 Å². The van der Waals surface area contributed by atoms with E-state index < -0.39 is 0 Å². The van der Waals surface area contributed by atoms with Crippen molar-refractivity contribution in [3.05, 3.63) is 41.5 Å². The van der Waals surface area contributed by atoms with Crippen LogP contribution in [0.3, 0.4) is 0 Å². The Morgan fingerprint density at radius 2 is 2.39 bits per heavy atom. The quantitative estimate of drug-likeness (QED) is 0.875. The number of ether oxygens (including phenoxy) is 1. The smallest absolute Gasteiger partial charge is 0.123 e. The lowest BCUT2D eigenvalue weighted by atomic mass is 10.1. The van der Waals surface area contributed by atoms with Crippen molar-refractivity contribution < 1.29 is 9.13 Å². The fraction of sp³-hybridized carbons (Fsp3) is 0.333. The third-order valence-corrected chi connectivity index (χ3v) is 2.95. The Morgan fingerprint density at radius 3 is 3.17 bits per heavy atom. The Labute approximate surface area is 103 Å². The van der Waals surface area contributed by atoms with Gasteiger partial charge in [-0.2, -0.15) is 0 Å². The van der Waals surface area contributed by atoms with Crippen molar-refractivity contribution in [3.8, 4) is 5.75 Å². The average Bonchev–Trinajstić information content (AvgIpc) is 2.95. The third-order valence-electron chi connectivity index (χ3n) is 2.95. The van der Waals surface area contributed by atoms with Gasteiger partial charge in [0.05, 0.1) is 12.2 Å². The predicted octanol–water partition coefficient (Wildman–Crippen LogP) is 0.880. The van der Waals surface area contributed by atoms with Crippen LogP contribution in [-0.2, 0) is 19.5 Å². The van der Waals surface area contributed by atoms with Crippen molar-refractivity contribution in [2.24, 2.45) is 5.73 Å². The van der Waals surface area contributed by atoms with Crippen molar-refractivity contribution in [3.63, 3.8) is 0 Å². The van der Waals surface area contributed by atoms with E-state index in [1.165, 1.54) is 12.1 Å². The number of nitrogens with zero attached hydrogens (tertiary/aromatic N) is 3. The van der Waals surface area contributed by atoms with Crippen LogP contribution >= 0.6 is 0 Å². The minimum absolute atomic E-state index is 0.0332. The normalized spacial score (nSPS) is 17.6. The van der Waals surface area contributed by atoms with E-state index in [0.29, 0.717) is 19.5 Å². The molecule has 1 aliphatic rings. The molecule has 0 radical (unpaired) electrons. The molecule has 18 heavy (non-hydrogen) atoms. The van der Waals surface area contributed by atoms with E-state index in [1.54, 1.807) is 16.9 Å². The Balaban J connectivity index is 1.70. The second kappa shape index (κ2) is 4.38. The van der Waals surface area contributed by atoms with Crippen LogP contribution in [0.25, 0.3) is 0 Å². The van der Waals surface area contributed by atoms with E-state index in [0.717, 1.165) is 17.0 Å². The highest BCUT2D eigenvalue weighted by atomic mass is 19.1. The van der Waals surface area contributed by atoms with Crippen molar-refractivity contribution in [1.82, 2.24) is 15.0 Å². The SMILES string of the molecule is NCc1cn(CC2Cc3cc(F)ccc3O2)nn1. The van der Waals surface area contributed by atoms with Crippen LogP contribution < -0.4 is 10.5 Å². The minimum atomic E-state index is -0.232. The van der Waals surface area contributed by atoms with Gasteiger partial charge in [-0.3, -0.25) is 0 Å². The van der Waals surface area contributed by atoms with Gasteiger partial charge < -0.3 is 10.5 Å². The standard InChI is InChI=1S/C12H13FN4O/c13-9-1-2-12-8(3-9)4-11(18-12)7-17-6-10(5-14)15-16-17/h1-3,6,11H,4-5,7,14H2. The number of nitrogens with two attached hydrogens (primary N) is 1. The van der Waals surface area contributed by atoms with Crippen LogP contribution in [0.2, 0.25) is 0 Å². The molecule has 0 fully saturated rings. The topological polar surface area (TPSA) is 66.0 Å². The monoisotopic (exact) mass is 248 g/mol. The summed E-state index contributed by atoms with van der Waals surface area (Å²) in [7, 11) is 0. The summed E-state index contributed by atoms with van der Waals surface area (Å²) in [6.45, 7) is 0.959. The maximum absolute atomic E-state index is 13.1. The molecule has 0 bridgehead atoms.